The van der Waals surface area contributed by atoms with E-state index in [1.54, 1.807) is 18.2 Å². The average molecular weight is 430 g/mol. The summed E-state index contributed by atoms with van der Waals surface area (Å²) >= 11 is 3.41. The molecule has 3 rings (SSSR count). The molecule has 2 N–H and O–H groups in total. The molecule has 140 valence electrons. The minimum Gasteiger partial charge on any atom is -0.325 e. The Morgan fingerprint density at radius 3 is 2.52 bits per heavy atom. The van der Waals surface area contributed by atoms with Crippen LogP contribution in [0.15, 0.2) is 53.0 Å². The lowest BCUT2D eigenvalue weighted by molar-refractivity contribution is -0.134. The van der Waals surface area contributed by atoms with Crippen molar-refractivity contribution in [3.05, 3.63) is 64.1 Å². The van der Waals surface area contributed by atoms with Crippen LogP contribution in [0, 0.1) is 6.92 Å². The molecule has 1 aliphatic heterocycles. The topological polar surface area (TPSA) is 78.5 Å². The number of amides is 4. The quantitative estimate of drug-likeness (QED) is 0.713. The summed E-state index contributed by atoms with van der Waals surface area (Å²) in [6.45, 7) is 3.40. The monoisotopic (exact) mass is 429 g/mol. The summed E-state index contributed by atoms with van der Waals surface area (Å²) in [5.41, 5.74) is 1.15. The van der Waals surface area contributed by atoms with Gasteiger partial charge < -0.3 is 10.6 Å². The zero-order chi connectivity index (χ0) is 19.6. The van der Waals surface area contributed by atoms with E-state index >= 15 is 0 Å². The summed E-state index contributed by atoms with van der Waals surface area (Å²) in [7, 11) is 0. The molecular weight excluding hydrogens is 410 g/mol. The molecule has 0 radical (unpaired) electrons. The number of imide groups is 1. The summed E-state index contributed by atoms with van der Waals surface area (Å²) in [5, 5.41) is 5.50. The molecule has 2 aromatic rings. The van der Waals surface area contributed by atoms with Gasteiger partial charge in [0.05, 0.1) is 0 Å². The van der Waals surface area contributed by atoms with Gasteiger partial charge in [-0.2, -0.15) is 0 Å². The molecular formula is C20H20BrN3O3. The van der Waals surface area contributed by atoms with Crippen LogP contribution in [0.4, 0.5) is 10.5 Å². The predicted octanol–water partition coefficient (Wildman–Crippen LogP) is 3.55. The van der Waals surface area contributed by atoms with Crippen LogP contribution in [0.2, 0.25) is 0 Å². The SMILES string of the molecule is CCC1(c2ccccc2)NC(=O)N(CC(=O)Nc2ccc(Br)c(C)c2)C1=O. The van der Waals surface area contributed by atoms with Gasteiger partial charge in [0.15, 0.2) is 0 Å². The molecule has 0 bridgehead atoms. The maximum atomic E-state index is 13.0. The summed E-state index contributed by atoms with van der Waals surface area (Å²) in [4.78, 5) is 38.8. The van der Waals surface area contributed by atoms with Crippen molar-refractivity contribution in [3.63, 3.8) is 0 Å². The van der Waals surface area contributed by atoms with Crippen molar-refractivity contribution in [1.82, 2.24) is 10.2 Å². The molecule has 1 atom stereocenters. The molecule has 4 amide bonds. The second-order valence-corrected chi connectivity index (χ2v) is 7.31. The number of hydrogen-bond donors (Lipinski definition) is 2. The fourth-order valence-electron chi connectivity index (χ4n) is 3.20. The highest BCUT2D eigenvalue weighted by Crippen LogP contribution is 2.32. The lowest BCUT2D eigenvalue weighted by Gasteiger charge is -2.25. The maximum absolute atomic E-state index is 13.0. The maximum Gasteiger partial charge on any atom is 0.325 e. The zero-order valence-electron chi connectivity index (χ0n) is 15.1. The molecule has 7 heteroatoms. The van der Waals surface area contributed by atoms with Gasteiger partial charge in [-0.3, -0.25) is 14.5 Å². The lowest BCUT2D eigenvalue weighted by atomic mass is 9.87. The van der Waals surface area contributed by atoms with E-state index in [0.29, 0.717) is 17.7 Å². The highest BCUT2D eigenvalue weighted by molar-refractivity contribution is 9.10. The second-order valence-electron chi connectivity index (χ2n) is 6.46. The lowest BCUT2D eigenvalue weighted by Crippen LogP contribution is -2.44. The summed E-state index contributed by atoms with van der Waals surface area (Å²) in [6.07, 6.45) is 0.394. The highest BCUT2D eigenvalue weighted by atomic mass is 79.9. The van der Waals surface area contributed by atoms with Gasteiger partial charge in [0.1, 0.15) is 12.1 Å². The van der Waals surface area contributed by atoms with Crippen molar-refractivity contribution in [2.45, 2.75) is 25.8 Å². The molecule has 2 aromatic carbocycles. The zero-order valence-corrected chi connectivity index (χ0v) is 16.7. The molecule has 1 aliphatic rings. The minimum atomic E-state index is -1.13. The largest absolute Gasteiger partial charge is 0.325 e. The van der Waals surface area contributed by atoms with Gasteiger partial charge in [-0.15, -0.1) is 0 Å². The van der Waals surface area contributed by atoms with Crippen LogP contribution >= 0.6 is 15.9 Å². The van der Waals surface area contributed by atoms with Gasteiger partial charge in [0.25, 0.3) is 5.91 Å². The highest BCUT2D eigenvalue weighted by Gasteiger charge is 2.51. The van der Waals surface area contributed by atoms with Gasteiger partial charge in [-0.25, -0.2) is 4.79 Å². The van der Waals surface area contributed by atoms with Crippen molar-refractivity contribution in [2.75, 3.05) is 11.9 Å². The Bertz CT molecular complexity index is 901. The Labute approximate surface area is 166 Å². The number of carbonyl (C=O) groups is 3. The van der Waals surface area contributed by atoms with Gasteiger partial charge >= 0.3 is 6.03 Å². The molecule has 0 spiro atoms. The van der Waals surface area contributed by atoms with Gasteiger partial charge in [-0.05, 0) is 42.7 Å². The van der Waals surface area contributed by atoms with Crippen molar-refractivity contribution in [2.24, 2.45) is 0 Å². The summed E-state index contributed by atoms with van der Waals surface area (Å²) in [5.74, 6) is -0.844. The molecule has 6 nitrogen and oxygen atoms in total. The van der Waals surface area contributed by atoms with E-state index in [2.05, 4.69) is 26.6 Å². The van der Waals surface area contributed by atoms with Crippen LogP contribution in [0.1, 0.15) is 24.5 Å². The van der Waals surface area contributed by atoms with Crippen molar-refractivity contribution >= 4 is 39.5 Å². The standard InChI is InChI=1S/C20H20BrN3O3/c1-3-20(14-7-5-4-6-8-14)18(26)24(19(27)23-20)12-17(25)22-15-9-10-16(21)13(2)11-15/h4-11H,3,12H2,1-2H3,(H,22,25)(H,23,27). The van der Waals surface area contributed by atoms with Crippen LogP contribution in [0.3, 0.4) is 0 Å². The summed E-state index contributed by atoms with van der Waals surface area (Å²) < 4.78 is 0.935. The van der Waals surface area contributed by atoms with Crippen molar-refractivity contribution < 1.29 is 14.4 Å². The minimum absolute atomic E-state index is 0.339. The number of aryl methyl sites for hydroxylation is 1. The van der Waals surface area contributed by atoms with Gasteiger partial charge in [0, 0.05) is 10.2 Å². The van der Waals surface area contributed by atoms with Crippen LogP contribution in [0.5, 0.6) is 0 Å². The fourth-order valence-corrected chi connectivity index (χ4v) is 3.44. The predicted molar refractivity (Wildman–Crippen MR) is 106 cm³/mol. The molecule has 0 aliphatic carbocycles. The molecule has 0 saturated carbocycles. The Hall–Kier alpha value is -2.67. The van der Waals surface area contributed by atoms with E-state index in [1.807, 2.05) is 44.2 Å². The third-order valence-corrected chi connectivity index (χ3v) is 5.61. The Morgan fingerprint density at radius 1 is 1.19 bits per heavy atom. The second kappa shape index (κ2) is 7.52. The molecule has 1 heterocycles. The Morgan fingerprint density at radius 2 is 1.89 bits per heavy atom. The van der Waals surface area contributed by atoms with E-state index in [0.717, 1.165) is 14.9 Å². The number of halogens is 1. The molecule has 1 saturated heterocycles. The third-order valence-electron chi connectivity index (χ3n) is 4.72. The van der Waals surface area contributed by atoms with Crippen LogP contribution in [0.25, 0.3) is 0 Å². The summed E-state index contributed by atoms with van der Waals surface area (Å²) in [6, 6.07) is 13.9. The molecule has 1 fully saturated rings. The number of urea groups is 1. The van der Waals surface area contributed by atoms with Gasteiger partial charge in [-0.1, -0.05) is 53.2 Å². The van der Waals surface area contributed by atoms with Crippen molar-refractivity contribution in [3.8, 4) is 0 Å². The van der Waals surface area contributed by atoms with Crippen LogP contribution < -0.4 is 10.6 Å². The van der Waals surface area contributed by atoms with E-state index in [1.165, 1.54) is 0 Å². The Balaban J connectivity index is 1.77. The molecule has 27 heavy (non-hydrogen) atoms. The number of nitrogens with one attached hydrogen (secondary N) is 2. The fraction of sp³-hybridized carbons (Fsp3) is 0.250. The normalized spacial score (nSPS) is 19.1. The van der Waals surface area contributed by atoms with E-state index in [9.17, 15) is 14.4 Å². The van der Waals surface area contributed by atoms with Crippen LogP contribution in [-0.4, -0.2) is 29.3 Å². The first-order valence-corrected chi connectivity index (χ1v) is 9.42. The third kappa shape index (κ3) is 3.60. The smallest absolute Gasteiger partial charge is 0.325 e. The average Bonchev–Trinajstić information content (AvgIpc) is 2.90. The van der Waals surface area contributed by atoms with E-state index in [-0.39, 0.29) is 6.54 Å². The number of carbonyl (C=O) groups excluding carboxylic acids is 3. The number of rotatable bonds is 5. The van der Waals surface area contributed by atoms with E-state index < -0.39 is 23.4 Å². The van der Waals surface area contributed by atoms with Gasteiger partial charge in [0.2, 0.25) is 5.91 Å². The van der Waals surface area contributed by atoms with Crippen LogP contribution in [-0.2, 0) is 15.1 Å². The number of anilines is 1. The molecule has 0 aromatic heterocycles. The molecule has 1 unspecified atom stereocenters. The first kappa shape index (κ1) is 19.1. The first-order chi connectivity index (χ1) is 12.9. The van der Waals surface area contributed by atoms with Crippen molar-refractivity contribution in [1.29, 1.82) is 0 Å². The number of benzene rings is 2. The number of nitrogens with zero attached hydrogens (tertiary/aromatic N) is 1. The first-order valence-electron chi connectivity index (χ1n) is 8.63. The number of hydrogen-bond acceptors (Lipinski definition) is 3. The van der Waals surface area contributed by atoms with E-state index in [4.69, 9.17) is 0 Å². The Kier molecular flexibility index (Phi) is 5.32.